The minimum Gasteiger partial charge on any atom is -0.468 e. The number of nitrogens with one attached hydrogen (secondary N) is 3. The zero-order chi connectivity index (χ0) is 35.1. The molecule has 0 bridgehead atoms. The van der Waals surface area contributed by atoms with Gasteiger partial charge in [0.15, 0.2) is 0 Å². The van der Waals surface area contributed by atoms with E-state index in [0.717, 1.165) is 11.1 Å². The summed E-state index contributed by atoms with van der Waals surface area (Å²) in [5, 5.41) is 9.61. The Labute approximate surface area is 294 Å². The minimum atomic E-state index is -0.931. The molecule has 2 unspecified atom stereocenters. The summed E-state index contributed by atoms with van der Waals surface area (Å²) in [4.78, 5) is 82.6. The van der Waals surface area contributed by atoms with Crippen molar-refractivity contribution in [3.63, 3.8) is 0 Å². The molecule has 3 aliphatic heterocycles. The lowest BCUT2D eigenvalue weighted by atomic mass is 9.66. The van der Waals surface area contributed by atoms with Crippen LogP contribution in [0.2, 0.25) is 15.1 Å². The van der Waals surface area contributed by atoms with Crippen LogP contribution < -0.4 is 16.0 Å². The Morgan fingerprint density at radius 2 is 1.24 bits per heavy atom. The number of Topliss-reactive ketones (excluding diaryl/α,β-unsaturated/α-hetero) is 2. The number of esters is 1. The number of nitrogens with zero attached hydrogens (tertiary/aromatic N) is 3. The van der Waals surface area contributed by atoms with Crippen molar-refractivity contribution in [3.8, 4) is 0 Å². The first kappa shape index (κ1) is 34.4. The van der Waals surface area contributed by atoms with Gasteiger partial charge in [0.2, 0.25) is 17.7 Å². The van der Waals surface area contributed by atoms with Crippen molar-refractivity contribution in [2.75, 3.05) is 23.1 Å². The summed E-state index contributed by atoms with van der Waals surface area (Å²) in [6.07, 6.45) is 7.52. The number of hydrogen-bond acceptors (Lipinski definition) is 10. The van der Waals surface area contributed by atoms with Gasteiger partial charge in [-0.25, -0.2) is 15.0 Å². The van der Waals surface area contributed by atoms with Gasteiger partial charge in [-0.15, -0.1) is 0 Å². The van der Waals surface area contributed by atoms with Crippen LogP contribution in [0.5, 0.6) is 0 Å². The molecule has 49 heavy (non-hydrogen) atoms. The molecule has 254 valence electrons. The number of ketones is 2. The molecule has 3 N–H and O–H groups in total. The van der Waals surface area contributed by atoms with E-state index in [-0.39, 0.29) is 42.1 Å². The minimum absolute atomic E-state index is 0.0187. The lowest BCUT2D eigenvalue weighted by Crippen LogP contribution is -2.45. The molecule has 3 amide bonds. The molecule has 8 rings (SSSR count). The summed E-state index contributed by atoms with van der Waals surface area (Å²) in [5.74, 6) is -0.112. The summed E-state index contributed by atoms with van der Waals surface area (Å²) in [6.45, 7) is 0. The third-order valence-corrected chi connectivity index (χ3v) is 10.1. The number of pyridine rings is 3. The molecule has 2 spiro atoms. The highest BCUT2D eigenvalue weighted by Crippen LogP contribution is 2.49. The van der Waals surface area contributed by atoms with Gasteiger partial charge in [-0.2, -0.15) is 0 Å². The van der Waals surface area contributed by atoms with Gasteiger partial charge < -0.3 is 20.7 Å². The molecule has 0 saturated heterocycles. The Morgan fingerprint density at radius 3 is 1.84 bits per heavy atom. The van der Waals surface area contributed by atoms with Crippen LogP contribution in [0.4, 0.5) is 17.5 Å². The number of fused-ring (bicyclic) bond motifs is 5. The highest BCUT2D eigenvalue weighted by molar-refractivity contribution is 6.31. The summed E-state index contributed by atoms with van der Waals surface area (Å²) in [5.41, 5.74) is 0.868. The van der Waals surface area contributed by atoms with Crippen molar-refractivity contribution in [3.05, 3.63) is 68.5 Å². The third kappa shape index (κ3) is 6.50. The number of amides is 3. The van der Waals surface area contributed by atoms with Crippen molar-refractivity contribution in [2.24, 2.45) is 5.92 Å². The van der Waals surface area contributed by atoms with Crippen molar-refractivity contribution in [1.29, 1.82) is 0 Å². The highest BCUT2D eigenvalue weighted by Gasteiger charge is 2.54. The summed E-state index contributed by atoms with van der Waals surface area (Å²) >= 11 is 17.6. The number of halogens is 3. The predicted molar refractivity (Wildman–Crippen MR) is 179 cm³/mol. The predicted octanol–water partition coefficient (Wildman–Crippen LogP) is 4.76. The van der Waals surface area contributed by atoms with Crippen molar-refractivity contribution in [1.82, 2.24) is 15.0 Å². The van der Waals surface area contributed by atoms with Crippen LogP contribution in [0.3, 0.4) is 0 Å². The van der Waals surface area contributed by atoms with Gasteiger partial charge in [0.25, 0.3) is 0 Å². The van der Waals surface area contributed by atoms with Crippen LogP contribution in [0.15, 0.2) is 36.8 Å². The molecule has 2 saturated carbocycles. The topological polar surface area (TPSA) is 186 Å². The second-order valence-electron chi connectivity index (χ2n) is 12.3. The van der Waals surface area contributed by atoms with Crippen LogP contribution in [0, 0.1) is 5.92 Å². The van der Waals surface area contributed by atoms with Crippen LogP contribution in [0.1, 0.15) is 61.6 Å². The van der Waals surface area contributed by atoms with Crippen LogP contribution >= 0.6 is 34.8 Å². The van der Waals surface area contributed by atoms with E-state index < -0.39 is 22.7 Å². The lowest BCUT2D eigenvalue weighted by Gasteiger charge is -2.34. The van der Waals surface area contributed by atoms with E-state index in [1.807, 2.05) is 0 Å². The van der Waals surface area contributed by atoms with Crippen LogP contribution in [0.25, 0.3) is 0 Å². The first-order valence-corrected chi connectivity index (χ1v) is 16.5. The molecule has 3 aromatic heterocycles. The SMILES string of the molecule is COC(=O)C1CC2(CCC1=O)C(=O)Nc1ncc(Cl)cc12.O=C1CCC2(CC1)C(=O)Nc1ncc(Cl)cc12.O=C1Cc2cc(Cl)cnc2N1. The highest BCUT2D eigenvalue weighted by atomic mass is 35.5. The quantitative estimate of drug-likeness (QED) is 0.233. The molecule has 5 aliphatic rings. The number of methoxy groups -OCH3 is 1. The zero-order valence-electron chi connectivity index (χ0n) is 26.0. The standard InChI is InChI=1S/C14H13ClN2O4.C12H11ClN2O2.C7H5ClN2O/c1-21-12(19)8-5-14(3-2-10(8)18)9-4-7(15)6-16-11(9)17-13(14)20;13-7-5-9-10(14-6-7)15-11(17)12(9)3-1-8(16)2-4-12;8-5-1-4-2-6(11)10-7(4)9-3-5/h4,6,8H,2-3,5H2,1H3,(H,16,17,20);5-6H,1-4H2,(H,14,15,17);1,3H,2H2,(H,9,10,11). The average molecular weight is 728 g/mol. The number of hydrogen-bond donors (Lipinski definition) is 3. The maximum absolute atomic E-state index is 12.4. The largest absolute Gasteiger partial charge is 0.468 e. The molecule has 13 nitrogen and oxygen atoms in total. The van der Waals surface area contributed by atoms with Gasteiger partial charge in [-0.05, 0) is 43.9 Å². The molecule has 2 aliphatic carbocycles. The van der Waals surface area contributed by atoms with E-state index in [4.69, 9.17) is 34.8 Å². The summed E-state index contributed by atoms with van der Waals surface area (Å²) in [6, 6.07) is 5.21. The molecule has 2 fully saturated rings. The lowest BCUT2D eigenvalue weighted by molar-refractivity contribution is -0.152. The van der Waals surface area contributed by atoms with Crippen LogP contribution in [-0.2, 0) is 50.8 Å². The number of ether oxygens (including phenoxy) is 1. The number of aromatic nitrogens is 3. The van der Waals surface area contributed by atoms with Gasteiger partial charge in [0.05, 0.1) is 39.4 Å². The molecule has 16 heteroatoms. The Hall–Kier alpha value is -4.46. The zero-order valence-corrected chi connectivity index (χ0v) is 28.3. The Morgan fingerprint density at radius 1 is 0.735 bits per heavy atom. The van der Waals surface area contributed by atoms with Crippen LogP contribution in [-0.4, -0.2) is 57.3 Å². The van der Waals surface area contributed by atoms with E-state index in [2.05, 4.69) is 35.6 Å². The second-order valence-corrected chi connectivity index (χ2v) is 13.7. The van der Waals surface area contributed by atoms with Crippen molar-refractivity contribution < 1.29 is 33.5 Å². The maximum Gasteiger partial charge on any atom is 0.316 e. The second kappa shape index (κ2) is 13.4. The number of anilines is 3. The first-order chi connectivity index (χ1) is 23.3. The van der Waals surface area contributed by atoms with Gasteiger partial charge in [0.1, 0.15) is 34.9 Å². The van der Waals surface area contributed by atoms with Crippen molar-refractivity contribution in [2.45, 2.75) is 62.2 Å². The van der Waals surface area contributed by atoms with E-state index in [0.29, 0.717) is 76.6 Å². The normalized spacial score (nSPS) is 22.4. The molecule has 0 aromatic carbocycles. The average Bonchev–Trinajstić information content (AvgIpc) is 3.67. The molecule has 2 atom stereocenters. The fourth-order valence-corrected chi connectivity index (χ4v) is 7.42. The maximum atomic E-state index is 12.4. The smallest absolute Gasteiger partial charge is 0.316 e. The summed E-state index contributed by atoms with van der Waals surface area (Å²) in [7, 11) is 1.23. The fraction of sp³-hybridized carbons (Fsp3) is 0.364. The first-order valence-electron chi connectivity index (χ1n) is 15.4. The Kier molecular flexibility index (Phi) is 9.44. The molecule has 6 heterocycles. The van der Waals surface area contributed by atoms with Gasteiger partial charge in [-0.3, -0.25) is 28.8 Å². The third-order valence-electron chi connectivity index (χ3n) is 9.50. The monoisotopic (exact) mass is 726 g/mol. The van der Waals surface area contributed by atoms with Crippen molar-refractivity contribution >= 4 is 87.5 Å². The fourth-order valence-electron chi connectivity index (χ4n) is 6.92. The number of rotatable bonds is 1. The van der Waals surface area contributed by atoms with Gasteiger partial charge >= 0.3 is 5.97 Å². The Balaban J connectivity index is 0.000000134. The summed E-state index contributed by atoms with van der Waals surface area (Å²) < 4.78 is 4.68. The Bertz CT molecular complexity index is 1920. The van der Waals surface area contributed by atoms with E-state index in [1.54, 1.807) is 18.2 Å². The molecule has 3 aromatic rings. The van der Waals surface area contributed by atoms with Gasteiger partial charge in [-0.1, -0.05) is 34.8 Å². The molecule has 0 radical (unpaired) electrons. The van der Waals surface area contributed by atoms with E-state index >= 15 is 0 Å². The molecular formula is C33H29Cl3N6O7. The van der Waals surface area contributed by atoms with Gasteiger partial charge in [0, 0.05) is 54.5 Å². The molecular weight excluding hydrogens is 699 g/mol. The van der Waals surface area contributed by atoms with E-state index in [9.17, 15) is 28.8 Å². The number of carbonyl (C=O) groups is 6. The number of carbonyl (C=O) groups excluding carboxylic acids is 6. The van der Waals surface area contributed by atoms with E-state index in [1.165, 1.54) is 25.7 Å².